The second kappa shape index (κ2) is 6.15. The van der Waals surface area contributed by atoms with Gasteiger partial charge in [-0.05, 0) is 17.7 Å². The monoisotopic (exact) mass is 354 g/mol. The van der Waals surface area contributed by atoms with Gasteiger partial charge in [0.15, 0.2) is 5.60 Å². The maximum atomic E-state index is 12.2. The molecule has 2 aliphatic heterocycles. The van der Waals surface area contributed by atoms with Crippen LogP contribution in [0.15, 0.2) is 24.3 Å². The summed E-state index contributed by atoms with van der Waals surface area (Å²) in [6, 6.07) is 6.06. The summed E-state index contributed by atoms with van der Waals surface area (Å²) >= 11 is 0. The quantitative estimate of drug-likeness (QED) is 0.511. The number of carbonyl (C=O) groups excluding carboxylic acids is 2. The predicted molar refractivity (Wildman–Crippen MR) is 84.2 cm³/mol. The number of methoxy groups -OCH3 is 1. The first-order chi connectivity index (χ1) is 11.4. The molecule has 24 heavy (non-hydrogen) atoms. The van der Waals surface area contributed by atoms with E-state index in [-0.39, 0.29) is 18.9 Å². The SMILES string of the molecule is COc1ccc(COC(=O)C2(O)CN3C(=O)C(N)[C@H]3S(=O)C2)cc1. The molecule has 2 saturated heterocycles. The summed E-state index contributed by atoms with van der Waals surface area (Å²) in [5.41, 5.74) is 4.33. The minimum absolute atomic E-state index is 0.0470. The summed E-state index contributed by atoms with van der Waals surface area (Å²) in [5, 5.41) is 9.84. The number of nitrogens with two attached hydrogens (primary N) is 1. The molecule has 2 aliphatic rings. The highest BCUT2D eigenvalue weighted by molar-refractivity contribution is 7.86. The van der Waals surface area contributed by atoms with Crippen LogP contribution in [0, 0.1) is 0 Å². The lowest BCUT2D eigenvalue weighted by Crippen LogP contribution is -2.77. The van der Waals surface area contributed by atoms with Gasteiger partial charge in [-0.1, -0.05) is 12.1 Å². The number of β-lactam (4-membered cyclic amide) rings is 1. The average molecular weight is 354 g/mol. The van der Waals surface area contributed by atoms with Gasteiger partial charge in [-0.15, -0.1) is 0 Å². The predicted octanol–water partition coefficient (Wildman–Crippen LogP) is -1.27. The minimum atomic E-state index is -1.98. The molecule has 2 fully saturated rings. The fraction of sp³-hybridized carbons (Fsp3) is 0.467. The van der Waals surface area contributed by atoms with E-state index in [9.17, 15) is 18.9 Å². The molecule has 0 aliphatic carbocycles. The summed E-state index contributed by atoms with van der Waals surface area (Å²) in [6.45, 7) is -0.300. The van der Waals surface area contributed by atoms with E-state index >= 15 is 0 Å². The number of benzene rings is 1. The molecule has 0 aromatic heterocycles. The molecule has 0 bridgehead atoms. The van der Waals surface area contributed by atoms with Gasteiger partial charge in [-0.3, -0.25) is 9.00 Å². The highest BCUT2D eigenvalue weighted by atomic mass is 32.2. The lowest BCUT2D eigenvalue weighted by molar-refractivity contribution is -0.172. The van der Waals surface area contributed by atoms with Crippen molar-refractivity contribution in [2.45, 2.75) is 23.6 Å². The molecule has 0 radical (unpaired) electrons. The molecule has 3 rings (SSSR count). The van der Waals surface area contributed by atoms with Crippen molar-refractivity contribution in [3.8, 4) is 5.75 Å². The van der Waals surface area contributed by atoms with Crippen LogP contribution in [0.2, 0.25) is 0 Å². The second-order valence-corrected chi connectivity index (χ2v) is 7.40. The van der Waals surface area contributed by atoms with Crippen LogP contribution >= 0.6 is 0 Å². The van der Waals surface area contributed by atoms with E-state index in [1.54, 1.807) is 31.4 Å². The normalized spacial score (nSPS) is 31.9. The topological polar surface area (TPSA) is 119 Å². The van der Waals surface area contributed by atoms with Crippen LogP contribution in [0.25, 0.3) is 0 Å². The molecule has 8 nitrogen and oxygen atoms in total. The zero-order valence-electron chi connectivity index (χ0n) is 13.0. The number of carbonyl (C=O) groups is 2. The summed E-state index contributed by atoms with van der Waals surface area (Å²) in [7, 11) is -0.0631. The lowest BCUT2D eigenvalue weighted by atomic mass is 10.0. The molecule has 0 spiro atoms. The Morgan fingerprint density at radius 3 is 2.75 bits per heavy atom. The summed E-state index contributed by atoms with van der Waals surface area (Å²) in [6.07, 6.45) is 0. The first kappa shape index (κ1) is 16.9. The van der Waals surface area contributed by atoms with Gasteiger partial charge in [0.2, 0.25) is 5.91 Å². The standard InChI is InChI=1S/C15H18N2O6S/c1-22-10-4-2-9(3-5-10)6-23-14(19)15(20)7-17-12(18)11(16)13(17)24(21)8-15/h2-5,11,13,20H,6-8,16H2,1H3/t11?,13-,15?,24?/m1/s1. The third-order valence-electron chi connectivity index (χ3n) is 4.17. The van der Waals surface area contributed by atoms with Crippen LogP contribution in [-0.4, -0.2) is 62.5 Å². The van der Waals surface area contributed by atoms with Gasteiger partial charge in [0, 0.05) is 10.8 Å². The van der Waals surface area contributed by atoms with E-state index in [1.807, 2.05) is 0 Å². The summed E-state index contributed by atoms with van der Waals surface area (Å²) in [5.74, 6) is -0.950. The van der Waals surface area contributed by atoms with Crippen LogP contribution in [-0.2, 0) is 31.7 Å². The first-order valence-electron chi connectivity index (χ1n) is 7.31. The number of rotatable bonds is 4. The highest BCUT2D eigenvalue weighted by Crippen LogP contribution is 2.31. The number of ether oxygens (including phenoxy) is 2. The molecular weight excluding hydrogens is 336 g/mol. The molecule has 2 heterocycles. The van der Waals surface area contributed by atoms with Crippen molar-refractivity contribution in [1.29, 1.82) is 0 Å². The van der Waals surface area contributed by atoms with Crippen molar-refractivity contribution in [1.82, 2.24) is 4.90 Å². The van der Waals surface area contributed by atoms with E-state index in [1.165, 1.54) is 4.90 Å². The zero-order chi connectivity index (χ0) is 17.5. The Kier molecular flexibility index (Phi) is 4.33. The van der Waals surface area contributed by atoms with Gasteiger partial charge < -0.3 is 25.2 Å². The summed E-state index contributed by atoms with van der Waals surface area (Å²) in [4.78, 5) is 25.1. The number of aliphatic hydroxyl groups is 1. The Balaban J connectivity index is 1.63. The van der Waals surface area contributed by atoms with Gasteiger partial charge in [0.1, 0.15) is 23.8 Å². The number of esters is 1. The number of nitrogens with zero attached hydrogens (tertiary/aromatic N) is 1. The highest BCUT2D eigenvalue weighted by Gasteiger charge is 2.58. The Hall–Kier alpha value is -1.97. The lowest BCUT2D eigenvalue weighted by Gasteiger charge is -2.51. The van der Waals surface area contributed by atoms with Crippen LogP contribution < -0.4 is 10.5 Å². The van der Waals surface area contributed by atoms with E-state index in [4.69, 9.17) is 15.2 Å². The Labute approximate surface area is 141 Å². The molecule has 9 heteroatoms. The van der Waals surface area contributed by atoms with E-state index < -0.39 is 39.7 Å². The molecule has 130 valence electrons. The first-order valence-corrected chi connectivity index (χ1v) is 8.70. The molecule has 3 unspecified atom stereocenters. The second-order valence-electron chi connectivity index (χ2n) is 5.86. The zero-order valence-corrected chi connectivity index (χ0v) is 13.8. The van der Waals surface area contributed by atoms with Gasteiger partial charge >= 0.3 is 5.97 Å². The fourth-order valence-corrected chi connectivity index (χ4v) is 4.56. The third kappa shape index (κ3) is 2.79. The molecule has 3 N–H and O–H groups in total. The van der Waals surface area contributed by atoms with Gasteiger partial charge in [0.05, 0.1) is 19.4 Å². The number of amides is 1. The Morgan fingerprint density at radius 1 is 1.46 bits per heavy atom. The Bertz CT molecular complexity index is 694. The number of hydrogen-bond acceptors (Lipinski definition) is 7. The van der Waals surface area contributed by atoms with Crippen molar-refractivity contribution in [3.05, 3.63) is 29.8 Å². The van der Waals surface area contributed by atoms with Crippen LogP contribution in [0.5, 0.6) is 5.75 Å². The Morgan fingerprint density at radius 2 is 2.12 bits per heavy atom. The van der Waals surface area contributed by atoms with Crippen LogP contribution in [0.3, 0.4) is 0 Å². The van der Waals surface area contributed by atoms with Gasteiger partial charge in [-0.2, -0.15) is 0 Å². The molecule has 1 aromatic carbocycles. The molecule has 4 atom stereocenters. The minimum Gasteiger partial charge on any atom is -0.497 e. The van der Waals surface area contributed by atoms with Crippen LogP contribution in [0.1, 0.15) is 5.56 Å². The van der Waals surface area contributed by atoms with Crippen molar-refractivity contribution in [3.63, 3.8) is 0 Å². The fourth-order valence-electron chi connectivity index (χ4n) is 2.80. The largest absolute Gasteiger partial charge is 0.497 e. The van der Waals surface area contributed by atoms with E-state index in [0.29, 0.717) is 11.3 Å². The smallest absolute Gasteiger partial charge is 0.341 e. The molecular formula is C15H18N2O6S. The summed E-state index contributed by atoms with van der Waals surface area (Å²) < 4.78 is 22.3. The third-order valence-corrected chi connectivity index (χ3v) is 6.02. The molecule has 1 aromatic rings. The number of fused-ring (bicyclic) bond motifs is 1. The number of hydrogen-bond donors (Lipinski definition) is 2. The van der Waals surface area contributed by atoms with Gasteiger partial charge in [-0.25, -0.2) is 4.79 Å². The van der Waals surface area contributed by atoms with E-state index in [2.05, 4.69) is 0 Å². The van der Waals surface area contributed by atoms with Crippen molar-refractivity contribution < 1.29 is 28.4 Å². The maximum absolute atomic E-state index is 12.2. The van der Waals surface area contributed by atoms with Crippen molar-refractivity contribution in [2.75, 3.05) is 19.4 Å². The molecule has 0 saturated carbocycles. The van der Waals surface area contributed by atoms with Crippen LogP contribution in [0.4, 0.5) is 0 Å². The molecule has 1 amide bonds. The van der Waals surface area contributed by atoms with Crippen molar-refractivity contribution >= 4 is 22.7 Å². The van der Waals surface area contributed by atoms with Crippen molar-refractivity contribution in [2.24, 2.45) is 5.73 Å². The average Bonchev–Trinajstić information content (AvgIpc) is 2.58. The maximum Gasteiger partial charge on any atom is 0.341 e. The van der Waals surface area contributed by atoms with E-state index in [0.717, 1.165) is 0 Å². The van der Waals surface area contributed by atoms with Gasteiger partial charge in [0.25, 0.3) is 0 Å².